The van der Waals surface area contributed by atoms with Crippen LogP contribution in [-0.2, 0) is 17.6 Å². The Bertz CT molecular complexity index is 310. The van der Waals surface area contributed by atoms with Gasteiger partial charge in [0, 0.05) is 17.9 Å². The largest absolute Gasteiger partial charge is 0.496 e. The van der Waals surface area contributed by atoms with Crippen LogP contribution >= 0.6 is 11.6 Å². The van der Waals surface area contributed by atoms with Gasteiger partial charge in [-0.05, 0) is 18.1 Å². The van der Waals surface area contributed by atoms with Crippen molar-refractivity contribution in [1.82, 2.24) is 0 Å². The van der Waals surface area contributed by atoms with Crippen molar-refractivity contribution in [3.05, 3.63) is 29.3 Å². The van der Waals surface area contributed by atoms with E-state index in [1.54, 1.807) is 7.11 Å². The maximum absolute atomic E-state index is 10.4. The molecule has 0 N–H and O–H groups in total. The average molecular weight is 213 g/mol. The number of halogens is 1. The van der Waals surface area contributed by atoms with Crippen molar-refractivity contribution in [1.29, 1.82) is 0 Å². The van der Waals surface area contributed by atoms with E-state index in [4.69, 9.17) is 16.3 Å². The molecule has 0 spiro atoms. The lowest BCUT2D eigenvalue weighted by Gasteiger charge is -2.07. The third kappa shape index (κ3) is 2.74. The van der Waals surface area contributed by atoms with Gasteiger partial charge in [-0.25, -0.2) is 0 Å². The quantitative estimate of drug-likeness (QED) is 0.553. The van der Waals surface area contributed by atoms with E-state index in [0.29, 0.717) is 12.3 Å². The van der Waals surface area contributed by atoms with Crippen LogP contribution in [0.25, 0.3) is 0 Å². The summed E-state index contributed by atoms with van der Waals surface area (Å²) in [5, 5.41) is 0. The lowest BCUT2D eigenvalue weighted by atomic mass is 10.1. The van der Waals surface area contributed by atoms with Gasteiger partial charge in [-0.2, -0.15) is 0 Å². The highest BCUT2D eigenvalue weighted by Gasteiger charge is 2.03. The van der Waals surface area contributed by atoms with Crippen molar-refractivity contribution in [3.8, 4) is 5.75 Å². The highest BCUT2D eigenvalue weighted by molar-refractivity contribution is 6.17. The van der Waals surface area contributed by atoms with E-state index >= 15 is 0 Å². The molecule has 14 heavy (non-hydrogen) atoms. The molecule has 0 radical (unpaired) electrons. The molecule has 0 heterocycles. The zero-order chi connectivity index (χ0) is 10.4. The number of hydrogen-bond donors (Lipinski definition) is 0. The Morgan fingerprint density at radius 3 is 2.86 bits per heavy atom. The number of carbonyl (C=O) groups is 1. The summed E-state index contributed by atoms with van der Waals surface area (Å²) < 4.78 is 5.14. The van der Waals surface area contributed by atoms with Crippen LogP contribution in [0.1, 0.15) is 11.1 Å². The second-order valence-corrected chi connectivity index (χ2v) is 3.33. The Balaban J connectivity index is 2.94. The van der Waals surface area contributed by atoms with Crippen molar-refractivity contribution in [3.63, 3.8) is 0 Å². The summed E-state index contributed by atoms with van der Waals surface area (Å²) in [6.45, 7) is 0. The summed E-state index contributed by atoms with van der Waals surface area (Å²) in [5.74, 6) is 1.35. The molecule has 1 aromatic rings. The SMILES string of the molecule is COc1ccc(CCCl)cc1CC=O. The van der Waals surface area contributed by atoms with E-state index in [9.17, 15) is 4.79 Å². The van der Waals surface area contributed by atoms with E-state index in [1.807, 2.05) is 18.2 Å². The predicted molar refractivity (Wildman–Crippen MR) is 57.2 cm³/mol. The first-order valence-corrected chi connectivity index (χ1v) is 5.00. The topological polar surface area (TPSA) is 26.3 Å². The normalized spacial score (nSPS) is 9.86. The minimum Gasteiger partial charge on any atom is -0.496 e. The van der Waals surface area contributed by atoms with E-state index in [0.717, 1.165) is 29.6 Å². The lowest BCUT2D eigenvalue weighted by Crippen LogP contribution is -1.96. The second kappa shape index (κ2) is 5.66. The zero-order valence-corrected chi connectivity index (χ0v) is 8.88. The highest BCUT2D eigenvalue weighted by atomic mass is 35.5. The summed E-state index contributed by atoms with van der Waals surface area (Å²) in [7, 11) is 1.60. The Kier molecular flexibility index (Phi) is 4.47. The molecule has 3 heteroatoms. The van der Waals surface area contributed by atoms with Crippen LogP contribution < -0.4 is 4.74 Å². The van der Waals surface area contributed by atoms with Crippen molar-refractivity contribution >= 4 is 17.9 Å². The van der Waals surface area contributed by atoms with Crippen molar-refractivity contribution in [2.75, 3.05) is 13.0 Å². The summed E-state index contributed by atoms with van der Waals surface area (Å²) in [6.07, 6.45) is 2.08. The first kappa shape index (κ1) is 11.1. The molecular weight excluding hydrogens is 200 g/mol. The number of methoxy groups -OCH3 is 1. The predicted octanol–water partition coefficient (Wildman–Crippen LogP) is 2.22. The fourth-order valence-electron chi connectivity index (χ4n) is 1.35. The van der Waals surface area contributed by atoms with Crippen molar-refractivity contribution in [2.45, 2.75) is 12.8 Å². The van der Waals surface area contributed by atoms with E-state index in [2.05, 4.69) is 0 Å². The molecule has 0 unspecified atom stereocenters. The maximum Gasteiger partial charge on any atom is 0.124 e. The van der Waals surface area contributed by atoms with Gasteiger partial charge in [-0.15, -0.1) is 11.6 Å². The van der Waals surface area contributed by atoms with Crippen molar-refractivity contribution < 1.29 is 9.53 Å². The van der Waals surface area contributed by atoms with Crippen LogP contribution in [0.2, 0.25) is 0 Å². The molecule has 0 fully saturated rings. The van der Waals surface area contributed by atoms with Crippen LogP contribution in [-0.4, -0.2) is 19.3 Å². The first-order chi connectivity index (χ1) is 6.81. The standard InChI is InChI=1S/C11H13ClO2/c1-14-11-3-2-9(4-6-12)8-10(11)5-7-13/h2-3,7-8H,4-6H2,1H3. The lowest BCUT2D eigenvalue weighted by molar-refractivity contribution is -0.107. The summed E-state index contributed by atoms with van der Waals surface area (Å²) in [5.41, 5.74) is 2.06. The summed E-state index contributed by atoms with van der Waals surface area (Å²) in [6, 6.07) is 5.81. The molecule has 2 nitrogen and oxygen atoms in total. The molecule has 0 aliphatic rings. The summed E-state index contributed by atoms with van der Waals surface area (Å²) >= 11 is 5.64. The minimum absolute atomic E-state index is 0.388. The second-order valence-electron chi connectivity index (χ2n) is 2.96. The molecule has 0 aromatic heterocycles. The van der Waals surface area contributed by atoms with E-state index in [1.165, 1.54) is 0 Å². The Morgan fingerprint density at radius 2 is 2.29 bits per heavy atom. The van der Waals surface area contributed by atoms with Crippen LogP contribution in [0.4, 0.5) is 0 Å². The van der Waals surface area contributed by atoms with Gasteiger partial charge in [-0.1, -0.05) is 12.1 Å². The van der Waals surface area contributed by atoms with Crippen LogP contribution in [0.5, 0.6) is 5.75 Å². The van der Waals surface area contributed by atoms with Crippen LogP contribution in [0.15, 0.2) is 18.2 Å². The van der Waals surface area contributed by atoms with Gasteiger partial charge in [0.05, 0.1) is 7.11 Å². The van der Waals surface area contributed by atoms with Crippen molar-refractivity contribution in [2.24, 2.45) is 0 Å². The highest BCUT2D eigenvalue weighted by Crippen LogP contribution is 2.20. The van der Waals surface area contributed by atoms with Gasteiger partial charge in [0.25, 0.3) is 0 Å². The number of ether oxygens (including phenoxy) is 1. The van der Waals surface area contributed by atoms with Gasteiger partial charge in [-0.3, -0.25) is 0 Å². The molecule has 1 rings (SSSR count). The van der Waals surface area contributed by atoms with Gasteiger partial charge in [0.15, 0.2) is 0 Å². The third-order valence-corrected chi connectivity index (χ3v) is 2.22. The molecule has 0 atom stereocenters. The molecule has 76 valence electrons. The number of aldehydes is 1. The number of rotatable bonds is 5. The van der Waals surface area contributed by atoms with Crippen LogP contribution in [0, 0.1) is 0 Å². The molecule has 0 saturated carbocycles. The minimum atomic E-state index is 0.388. The third-order valence-electron chi connectivity index (χ3n) is 2.03. The smallest absolute Gasteiger partial charge is 0.124 e. The number of benzene rings is 1. The number of aryl methyl sites for hydroxylation is 1. The van der Waals surface area contributed by atoms with E-state index < -0.39 is 0 Å². The zero-order valence-electron chi connectivity index (χ0n) is 8.13. The monoisotopic (exact) mass is 212 g/mol. The average Bonchev–Trinajstić information content (AvgIpc) is 2.19. The Morgan fingerprint density at radius 1 is 1.50 bits per heavy atom. The molecule has 0 saturated heterocycles. The van der Waals surface area contributed by atoms with E-state index in [-0.39, 0.29) is 0 Å². The molecular formula is C11H13ClO2. The number of carbonyl (C=O) groups excluding carboxylic acids is 1. The first-order valence-electron chi connectivity index (χ1n) is 4.47. The number of alkyl halides is 1. The molecule has 0 amide bonds. The fraction of sp³-hybridized carbons (Fsp3) is 0.364. The van der Waals surface area contributed by atoms with Gasteiger partial charge < -0.3 is 9.53 Å². The number of hydrogen-bond acceptors (Lipinski definition) is 2. The Labute approximate surface area is 88.8 Å². The van der Waals surface area contributed by atoms with Crippen LogP contribution in [0.3, 0.4) is 0 Å². The maximum atomic E-state index is 10.4. The fourth-order valence-corrected chi connectivity index (χ4v) is 1.56. The van der Waals surface area contributed by atoms with Gasteiger partial charge in [0.2, 0.25) is 0 Å². The molecule has 0 bridgehead atoms. The molecule has 0 aliphatic carbocycles. The molecule has 0 aliphatic heterocycles. The Hall–Kier alpha value is -1.02. The van der Waals surface area contributed by atoms with Gasteiger partial charge >= 0.3 is 0 Å². The summed E-state index contributed by atoms with van der Waals surface area (Å²) in [4.78, 5) is 10.4. The molecule has 1 aromatic carbocycles. The van der Waals surface area contributed by atoms with Gasteiger partial charge in [0.1, 0.15) is 12.0 Å².